The van der Waals surface area contributed by atoms with E-state index in [0.29, 0.717) is 11.8 Å². The van der Waals surface area contributed by atoms with Crippen molar-refractivity contribution >= 4 is 35.8 Å². The molecule has 4 aliphatic rings. The maximum atomic E-state index is 12.4. The van der Waals surface area contributed by atoms with Crippen LogP contribution in [0.3, 0.4) is 0 Å². The second kappa shape index (κ2) is 11.2. The van der Waals surface area contributed by atoms with Crippen LogP contribution in [-0.4, -0.2) is 85.5 Å². The lowest BCUT2D eigenvalue weighted by Crippen LogP contribution is -2.51. The fourth-order valence-corrected chi connectivity index (χ4v) is 5.41. The standard InChI is InChI=1S/C22H39N5O.HI/c1-2-23-22(27-16-19-6-3-4-7-20(19)17-27)24-10-11-25-12-14-26(15-13-25)21(28)18-8-5-9-18;/h18-20H,2-17H2,1H3,(H,23,24);1H. The highest BCUT2D eigenvalue weighted by atomic mass is 127. The number of piperazine rings is 1. The largest absolute Gasteiger partial charge is 0.357 e. The van der Waals surface area contributed by atoms with Gasteiger partial charge in [0.1, 0.15) is 0 Å². The number of rotatable bonds is 5. The summed E-state index contributed by atoms with van der Waals surface area (Å²) in [5.74, 6) is 3.64. The maximum absolute atomic E-state index is 12.4. The number of likely N-dealkylation sites (tertiary alicyclic amines) is 1. The van der Waals surface area contributed by atoms with E-state index in [4.69, 9.17) is 4.99 Å². The zero-order valence-corrected chi connectivity index (χ0v) is 20.5. The molecule has 2 saturated heterocycles. The average molecular weight is 518 g/mol. The number of aliphatic imine (C=N–C) groups is 1. The number of fused-ring (bicyclic) bond motifs is 1. The Bertz CT molecular complexity index is 545. The van der Waals surface area contributed by atoms with Crippen molar-refractivity contribution in [3.8, 4) is 0 Å². The van der Waals surface area contributed by atoms with Gasteiger partial charge < -0.3 is 15.1 Å². The summed E-state index contributed by atoms with van der Waals surface area (Å²) >= 11 is 0. The van der Waals surface area contributed by atoms with E-state index in [1.165, 1.54) is 45.2 Å². The minimum Gasteiger partial charge on any atom is -0.357 e. The Morgan fingerprint density at radius 2 is 1.59 bits per heavy atom. The van der Waals surface area contributed by atoms with Crippen LogP contribution in [0.4, 0.5) is 0 Å². The first kappa shape index (κ1) is 23.1. The van der Waals surface area contributed by atoms with Crippen LogP contribution in [0.5, 0.6) is 0 Å². The number of hydrogen-bond acceptors (Lipinski definition) is 3. The molecule has 2 atom stereocenters. The molecule has 0 bridgehead atoms. The van der Waals surface area contributed by atoms with Crippen molar-refractivity contribution in [2.45, 2.75) is 51.9 Å². The van der Waals surface area contributed by atoms with Gasteiger partial charge in [-0.25, -0.2) is 0 Å². The number of halogens is 1. The summed E-state index contributed by atoms with van der Waals surface area (Å²) in [5.41, 5.74) is 0. The first-order chi connectivity index (χ1) is 13.7. The van der Waals surface area contributed by atoms with Crippen LogP contribution in [0.25, 0.3) is 0 Å². The summed E-state index contributed by atoms with van der Waals surface area (Å²) in [6, 6.07) is 0. The van der Waals surface area contributed by atoms with E-state index in [9.17, 15) is 4.79 Å². The van der Waals surface area contributed by atoms with Crippen molar-refractivity contribution in [1.82, 2.24) is 20.0 Å². The molecular formula is C22H40IN5O. The lowest BCUT2D eigenvalue weighted by Gasteiger charge is -2.38. The zero-order chi connectivity index (χ0) is 19.3. The van der Waals surface area contributed by atoms with Crippen LogP contribution in [0.2, 0.25) is 0 Å². The summed E-state index contributed by atoms with van der Waals surface area (Å²) < 4.78 is 0. The van der Waals surface area contributed by atoms with Crippen LogP contribution in [0.1, 0.15) is 51.9 Å². The highest BCUT2D eigenvalue weighted by Gasteiger charge is 2.35. The molecule has 7 heteroatoms. The molecule has 166 valence electrons. The predicted octanol–water partition coefficient (Wildman–Crippen LogP) is 2.64. The van der Waals surface area contributed by atoms with Crippen LogP contribution < -0.4 is 5.32 Å². The minimum atomic E-state index is 0. The van der Waals surface area contributed by atoms with Crippen LogP contribution in [-0.2, 0) is 4.79 Å². The number of carbonyl (C=O) groups excluding carboxylic acids is 1. The number of guanidine groups is 1. The van der Waals surface area contributed by atoms with E-state index in [1.807, 2.05) is 0 Å². The van der Waals surface area contributed by atoms with Crippen molar-refractivity contribution in [1.29, 1.82) is 0 Å². The van der Waals surface area contributed by atoms with Gasteiger partial charge in [0, 0.05) is 58.3 Å². The molecule has 2 unspecified atom stereocenters. The first-order valence-corrected chi connectivity index (χ1v) is 11.8. The van der Waals surface area contributed by atoms with Crippen LogP contribution >= 0.6 is 24.0 Å². The Morgan fingerprint density at radius 3 is 2.14 bits per heavy atom. The molecule has 2 aliphatic carbocycles. The summed E-state index contributed by atoms with van der Waals surface area (Å²) in [6.07, 6.45) is 9.10. The second-order valence-electron chi connectivity index (χ2n) is 9.24. The molecule has 0 aromatic heterocycles. The maximum Gasteiger partial charge on any atom is 0.225 e. The lowest BCUT2D eigenvalue weighted by molar-refractivity contribution is -0.139. The van der Waals surface area contributed by atoms with E-state index >= 15 is 0 Å². The molecule has 0 aromatic rings. The zero-order valence-electron chi connectivity index (χ0n) is 18.2. The predicted molar refractivity (Wildman–Crippen MR) is 129 cm³/mol. The third-order valence-electron chi connectivity index (χ3n) is 7.43. The number of amides is 1. The van der Waals surface area contributed by atoms with Crippen molar-refractivity contribution in [2.75, 3.05) is 58.9 Å². The SMILES string of the molecule is CCNC(=NCCN1CCN(C(=O)C2CCC2)CC1)N1CC2CCCCC2C1.I. The molecule has 2 aliphatic heterocycles. The summed E-state index contributed by atoms with van der Waals surface area (Å²) in [5, 5.41) is 3.52. The van der Waals surface area contributed by atoms with Gasteiger partial charge in [-0.3, -0.25) is 14.7 Å². The molecule has 2 saturated carbocycles. The Hall–Kier alpha value is -0.570. The van der Waals surface area contributed by atoms with Gasteiger partial charge >= 0.3 is 0 Å². The van der Waals surface area contributed by atoms with Gasteiger partial charge in [0.25, 0.3) is 0 Å². The topological polar surface area (TPSA) is 51.2 Å². The fraction of sp³-hybridized carbons (Fsp3) is 0.909. The number of nitrogens with zero attached hydrogens (tertiary/aromatic N) is 4. The van der Waals surface area contributed by atoms with Crippen molar-refractivity contribution in [3.05, 3.63) is 0 Å². The molecule has 4 rings (SSSR count). The van der Waals surface area contributed by atoms with Gasteiger partial charge in [-0.2, -0.15) is 0 Å². The highest BCUT2D eigenvalue weighted by molar-refractivity contribution is 14.0. The lowest BCUT2D eigenvalue weighted by atomic mass is 9.82. The van der Waals surface area contributed by atoms with E-state index in [1.54, 1.807) is 0 Å². The quantitative estimate of drug-likeness (QED) is 0.346. The Balaban J connectivity index is 0.00000240. The second-order valence-corrected chi connectivity index (χ2v) is 9.24. The van der Waals surface area contributed by atoms with E-state index in [-0.39, 0.29) is 24.0 Å². The molecule has 0 aromatic carbocycles. The normalized spacial score (nSPS) is 28.5. The van der Waals surface area contributed by atoms with Gasteiger partial charge in [0.05, 0.1) is 6.54 Å². The van der Waals surface area contributed by atoms with Gasteiger partial charge in [0.2, 0.25) is 5.91 Å². The molecular weight excluding hydrogens is 477 g/mol. The van der Waals surface area contributed by atoms with Gasteiger partial charge in [-0.05, 0) is 44.4 Å². The minimum absolute atomic E-state index is 0. The summed E-state index contributed by atoms with van der Waals surface area (Å²) in [4.78, 5) is 24.4. The van der Waals surface area contributed by atoms with Crippen molar-refractivity contribution in [2.24, 2.45) is 22.7 Å². The van der Waals surface area contributed by atoms with E-state index in [0.717, 1.165) is 76.5 Å². The molecule has 4 fully saturated rings. The third-order valence-corrected chi connectivity index (χ3v) is 7.43. The molecule has 0 radical (unpaired) electrons. The number of carbonyl (C=O) groups is 1. The monoisotopic (exact) mass is 517 g/mol. The summed E-state index contributed by atoms with van der Waals surface area (Å²) in [6.45, 7) is 11.1. The fourth-order valence-electron chi connectivity index (χ4n) is 5.41. The number of hydrogen-bond donors (Lipinski definition) is 1. The van der Waals surface area contributed by atoms with Crippen molar-refractivity contribution in [3.63, 3.8) is 0 Å². The third kappa shape index (κ3) is 5.77. The molecule has 6 nitrogen and oxygen atoms in total. The van der Waals surface area contributed by atoms with Gasteiger partial charge in [-0.15, -0.1) is 24.0 Å². The Morgan fingerprint density at radius 1 is 0.931 bits per heavy atom. The van der Waals surface area contributed by atoms with Crippen LogP contribution in [0, 0.1) is 17.8 Å². The molecule has 29 heavy (non-hydrogen) atoms. The smallest absolute Gasteiger partial charge is 0.225 e. The molecule has 2 heterocycles. The number of nitrogens with one attached hydrogen (secondary N) is 1. The first-order valence-electron chi connectivity index (χ1n) is 11.8. The van der Waals surface area contributed by atoms with Crippen LogP contribution in [0.15, 0.2) is 4.99 Å². The molecule has 1 amide bonds. The van der Waals surface area contributed by atoms with E-state index in [2.05, 4.69) is 26.9 Å². The molecule has 0 spiro atoms. The molecule has 1 N–H and O–H groups in total. The highest BCUT2D eigenvalue weighted by Crippen LogP contribution is 2.36. The van der Waals surface area contributed by atoms with Gasteiger partial charge in [0.15, 0.2) is 5.96 Å². The summed E-state index contributed by atoms with van der Waals surface area (Å²) in [7, 11) is 0. The van der Waals surface area contributed by atoms with Gasteiger partial charge in [-0.1, -0.05) is 19.3 Å². The Kier molecular flexibility index (Phi) is 8.89. The van der Waals surface area contributed by atoms with Crippen molar-refractivity contribution < 1.29 is 4.79 Å². The van der Waals surface area contributed by atoms with E-state index < -0.39 is 0 Å². The average Bonchev–Trinajstić information content (AvgIpc) is 3.10. The Labute approximate surface area is 193 Å².